The zero-order valence-electron chi connectivity index (χ0n) is 7.71. The fourth-order valence-electron chi connectivity index (χ4n) is 1.19. The van der Waals surface area contributed by atoms with Gasteiger partial charge in [0.2, 0.25) is 0 Å². The van der Waals surface area contributed by atoms with Crippen LogP contribution in [0.15, 0.2) is 28.9 Å². The van der Waals surface area contributed by atoms with Crippen molar-refractivity contribution >= 4 is 38.9 Å². The molecule has 0 saturated carbocycles. The SMILES string of the molecule is NCc1cnc(-c2cc(Cl)ccc2Br)s1. The van der Waals surface area contributed by atoms with Crippen molar-refractivity contribution in [1.29, 1.82) is 0 Å². The van der Waals surface area contributed by atoms with E-state index in [0.29, 0.717) is 11.6 Å². The molecule has 0 aliphatic rings. The normalized spacial score (nSPS) is 10.6. The zero-order chi connectivity index (χ0) is 10.8. The molecule has 0 bridgehead atoms. The molecule has 1 heterocycles. The summed E-state index contributed by atoms with van der Waals surface area (Å²) in [6.45, 7) is 0.524. The van der Waals surface area contributed by atoms with Gasteiger partial charge in [-0.25, -0.2) is 4.98 Å². The molecule has 2 rings (SSSR count). The maximum atomic E-state index is 5.94. The Morgan fingerprint density at radius 2 is 2.27 bits per heavy atom. The summed E-state index contributed by atoms with van der Waals surface area (Å²) in [5, 5.41) is 1.64. The molecule has 78 valence electrons. The number of thiazole rings is 1. The zero-order valence-corrected chi connectivity index (χ0v) is 10.9. The van der Waals surface area contributed by atoms with Gasteiger partial charge in [0.05, 0.1) is 0 Å². The molecule has 0 atom stereocenters. The highest BCUT2D eigenvalue weighted by atomic mass is 79.9. The summed E-state index contributed by atoms with van der Waals surface area (Å²) in [5.41, 5.74) is 6.55. The number of benzene rings is 1. The standard InChI is InChI=1S/C10H8BrClN2S/c11-9-2-1-6(12)3-8(9)10-14-5-7(4-13)15-10/h1-3,5H,4,13H2. The quantitative estimate of drug-likeness (QED) is 0.919. The minimum atomic E-state index is 0.524. The molecule has 0 unspecified atom stereocenters. The van der Waals surface area contributed by atoms with Gasteiger partial charge in [-0.15, -0.1) is 11.3 Å². The molecule has 15 heavy (non-hydrogen) atoms. The van der Waals surface area contributed by atoms with E-state index in [1.165, 1.54) is 0 Å². The minimum absolute atomic E-state index is 0.524. The minimum Gasteiger partial charge on any atom is -0.326 e. The van der Waals surface area contributed by atoms with Gasteiger partial charge in [-0.3, -0.25) is 0 Å². The highest BCUT2D eigenvalue weighted by Gasteiger charge is 2.08. The van der Waals surface area contributed by atoms with Crippen LogP contribution in [0.3, 0.4) is 0 Å². The molecule has 5 heteroatoms. The van der Waals surface area contributed by atoms with Gasteiger partial charge < -0.3 is 5.73 Å². The first kappa shape index (κ1) is 11.1. The first-order valence-corrected chi connectivity index (χ1v) is 6.29. The molecule has 0 fully saturated rings. The smallest absolute Gasteiger partial charge is 0.124 e. The first-order valence-electron chi connectivity index (χ1n) is 4.31. The molecule has 1 aromatic heterocycles. The number of nitrogens with two attached hydrogens (primary N) is 1. The van der Waals surface area contributed by atoms with E-state index in [-0.39, 0.29) is 0 Å². The average Bonchev–Trinajstić information content (AvgIpc) is 2.70. The van der Waals surface area contributed by atoms with Crippen molar-refractivity contribution in [3.63, 3.8) is 0 Å². The van der Waals surface area contributed by atoms with Crippen LogP contribution < -0.4 is 5.73 Å². The number of hydrogen-bond acceptors (Lipinski definition) is 3. The summed E-state index contributed by atoms with van der Waals surface area (Å²) < 4.78 is 0.991. The van der Waals surface area contributed by atoms with E-state index < -0.39 is 0 Å². The van der Waals surface area contributed by atoms with Gasteiger partial charge in [-0.1, -0.05) is 27.5 Å². The number of rotatable bonds is 2. The third kappa shape index (κ3) is 2.39. The predicted octanol–water partition coefficient (Wildman–Crippen LogP) is 3.68. The summed E-state index contributed by atoms with van der Waals surface area (Å²) in [6.07, 6.45) is 1.80. The van der Waals surface area contributed by atoms with Crippen LogP contribution in [0.2, 0.25) is 5.02 Å². The van der Waals surface area contributed by atoms with Crippen LogP contribution in [-0.4, -0.2) is 4.98 Å². The van der Waals surface area contributed by atoms with Crippen LogP contribution in [0.25, 0.3) is 10.6 Å². The van der Waals surface area contributed by atoms with E-state index in [9.17, 15) is 0 Å². The monoisotopic (exact) mass is 302 g/mol. The lowest BCUT2D eigenvalue weighted by Gasteiger charge is -2.00. The molecular formula is C10H8BrClN2S. The van der Waals surface area contributed by atoms with Gasteiger partial charge in [0.1, 0.15) is 5.01 Å². The Hall–Kier alpha value is -0.420. The Morgan fingerprint density at radius 1 is 1.47 bits per heavy atom. The maximum absolute atomic E-state index is 5.94. The highest BCUT2D eigenvalue weighted by Crippen LogP contribution is 2.33. The van der Waals surface area contributed by atoms with E-state index >= 15 is 0 Å². The van der Waals surface area contributed by atoms with E-state index in [1.54, 1.807) is 17.5 Å². The Labute approximate surface area is 105 Å². The van der Waals surface area contributed by atoms with E-state index in [1.807, 2.05) is 18.2 Å². The van der Waals surface area contributed by atoms with Crippen molar-refractivity contribution in [3.8, 4) is 10.6 Å². The van der Waals surface area contributed by atoms with Crippen LogP contribution in [0.1, 0.15) is 4.88 Å². The van der Waals surface area contributed by atoms with Gasteiger partial charge >= 0.3 is 0 Å². The largest absolute Gasteiger partial charge is 0.326 e. The Kier molecular flexibility index (Phi) is 3.41. The lowest BCUT2D eigenvalue weighted by atomic mass is 10.2. The molecule has 0 spiro atoms. The number of aromatic nitrogens is 1. The van der Waals surface area contributed by atoms with Gasteiger partial charge in [0.25, 0.3) is 0 Å². The van der Waals surface area contributed by atoms with E-state index in [4.69, 9.17) is 17.3 Å². The second kappa shape index (κ2) is 4.61. The molecular weight excluding hydrogens is 296 g/mol. The maximum Gasteiger partial charge on any atom is 0.124 e. The molecule has 0 radical (unpaired) electrons. The van der Waals surface area contributed by atoms with Crippen LogP contribution in [0, 0.1) is 0 Å². The van der Waals surface area contributed by atoms with Gasteiger partial charge in [0.15, 0.2) is 0 Å². The summed E-state index contributed by atoms with van der Waals surface area (Å²) in [6, 6.07) is 5.65. The number of nitrogens with zero attached hydrogens (tertiary/aromatic N) is 1. The lowest BCUT2D eigenvalue weighted by molar-refractivity contribution is 1.10. The molecule has 0 saturated heterocycles. The van der Waals surface area contributed by atoms with Crippen molar-refractivity contribution in [1.82, 2.24) is 4.98 Å². The molecule has 2 aromatic rings. The molecule has 0 aliphatic carbocycles. The topological polar surface area (TPSA) is 38.9 Å². The molecule has 2 N–H and O–H groups in total. The molecule has 0 amide bonds. The van der Waals surface area contributed by atoms with E-state index in [0.717, 1.165) is 19.9 Å². The van der Waals surface area contributed by atoms with Crippen molar-refractivity contribution in [2.75, 3.05) is 0 Å². The lowest BCUT2D eigenvalue weighted by Crippen LogP contribution is -1.91. The fraction of sp³-hybridized carbons (Fsp3) is 0.100. The van der Waals surface area contributed by atoms with Crippen LogP contribution in [0.5, 0.6) is 0 Å². The van der Waals surface area contributed by atoms with Gasteiger partial charge in [-0.2, -0.15) is 0 Å². The average molecular weight is 304 g/mol. The third-order valence-electron chi connectivity index (χ3n) is 1.91. The predicted molar refractivity (Wildman–Crippen MR) is 68.2 cm³/mol. The van der Waals surface area contributed by atoms with Crippen molar-refractivity contribution < 1.29 is 0 Å². The summed E-state index contributed by atoms with van der Waals surface area (Å²) in [5.74, 6) is 0. The van der Waals surface area contributed by atoms with E-state index in [2.05, 4.69) is 20.9 Å². The highest BCUT2D eigenvalue weighted by molar-refractivity contribution is 9.10. The molecule has 2 nitrogen and oxygen atoms in total. The van der Waals surface area contributed by atoms with Crippen LogP contribution >= 0.6 is 38.9 Å². The van der Waals surface area contributed by atoms with Crippen molar-refractivity contribution in [2.24, 2.45) is 5.73 Å². The third-order valence-corrected chi connectivity index (χ3v) is 3.89. The number of halogens is 2. The summed E-state index contributed by atoms with van der Waals surface area (Å²) in [7, 11) is 0. The van der Waals surface area contributed by atoms with Crippen molar-refractivity contribution in [2.45, 2.75) is 6.54 Å². The second-order valence-corrected chi connectivity index (χ2v) is 5.37. The van der Waals surface area contributed by atoms with Crippen LogP contribution in [0.4, 0.5) is 0 Å². The first-order chi connectivity index (χ1) is 7.20. The fourth-order valence-corrected chi connectivity index (χ4v) is 2.75. The molecule has 1 aromatic carbocycles. The second-order valence-electron chi connectivity index (χ2n) is 2.96. The Bertz CT molecular complexity index is 484. The van der Waals surface area contributed by atoms with Crippen molar-refractivity contribution in [3.05, 3.63) is 38.8 Å². The Balaban J connectivity index is 2.48. The molecule has 0 aliphatic heterocycles. The van der Waals surface area contributed by atoms with Gasteiger partial charge in [-0.05, 0) is 18.2 Å². The summed E-state index contributed by atoms with van der Waals surface area (Å²) >= 11 is 11.0. The Morgan fingerprint density at radius 3 is 2.93 bits per heavy atom. The van der Waals surface area contributed by atoms with Crippen LogP contribution in [-0.2, 0) is 6.54 Å². The van der Waals surface area contributed by atoms with Gasteiger partial charge in [0, 0.05) is 32.7 Å². The number of hydrogen-bond donors (Lipinski definition) is 1. The summed E-state index contributed by atoms with van der Waals surface area (Å²) in [4.78, 5) is 5.38.